The molecule has 1 fully saturated rings. The molecule has 1 saturated carbocycles. The smallest absolute Gasteiger partial charge is 0.0595 e. The summed E-state index contributed by atoms with van der Waals surface area (Å²) in [4.78, 5) is 0. The minimum atomic E-state index is 0.419. The Morgan fingerprint density at radius 1 is 1.28 bits per heavy atom. The van der Waals surface area contributed by atoms with Crippen molar-refractivity contribution in [2.75, 3.05) is 6.54 Å². The van der Waals surface area contributed by atoms with Crippen LogP contribution in [0.4, 0.5) is 0 Å². The highest BCUT2D eigenvalue weighted by atomic mass is 35.5. The Morgan fingerprint density at radius 2 is 2.06 bits per heavy atom. The minimum absolute atomic E-state index is 0.419. The highest BCUT2D eigenvalue weighted by molar-refractivity contribution is 6.42. The summed E-state index contributed by atoms with van der Waals surface area (Å²) in [5.74, 6) is 1.93. The van der Waals surface area contributed by atoms with Crippen molar-refractivity contribution in [1.29, 1.82) is 0 Å². The Kier molecular flexibility index (Phi) is 4.94. The first kappa shape index (κ1) is 14.2. The molecule has 2 N–H and O–H groups in total. The van der Waals surface area contributed by atoms with Gasteiger partial charge in [-0.3, -0.25) is 0 Å². The van der Waals surface area contributed by atoms with Crippen molar-refractivity contribution in [3.8, 4) is 0 Å². The molecule has 1 aliphatic rings. The van der Waals surface area contributed by atoms with E-state index in [1.807, 2.05) is 12.1 Å². The molecule has 1 aromatic carbocycles. The van der Waals surface area contributed by atoms with Crippen molar-refractivity contribution >= 4 is 23.2 Å². The topological polar surface area (TPSA) is 26.0 Å². The molecule has 1 nitrogen and oxygen atoms in total. The monoisotopic (exact) mass is 285 g/mol. The first-order valence-electron chi connectivity index (χ1n) is 6.76. The molecular formula is C15H21Cl2N. The van der Waals surface area contributed by atoms with Crippen molar-refractivity contribution < 1.29 is 0 Å². The lowest BCUT2D eigenvalue weighted by atomic mass is 9.73. The molecule has 1 aliphatic carbocycles. The summed E-state index contributed by atoms with van der Waals surface area (Å²) in [5, 5.41) is 1.25. The summed E-state index contributed by atoms with van der Waals surface area (Å²) < 4.78 is 0. The van der Waals surface area contributed by atoms with E-state index in [0.29, 0.717) is 28.4 Å². The van der Waals surface area contributed by atoms with Crippen LogP contribution in [0.5, 0.6) is 0 Å². The van der Waals surface area contributed by atoms with E-state index in [-0.39, 0.29) is 0 Å². The third-order valence-corrected chi connectivity index (χ3v) is 4.91. The Balaban J connectivity index is 2.18. The van der Waals surface area contributed by atoms with Crippen LogP contribution in [-0.4, -0.2) is 6.54 Å². The number of hydrogen-bond donors (Lipinski definition) is 1. The highest BCUT2D eigenvalue weighted by Crippen LogP contribution is 2.39. The van der Waals surface area contributed by atoms with Gasteiger partial charge in [0.25, 0.3) is 0 Å². The molecule has 3 atom stereocenters. The van der Waals surface area contributed by atoms with Crippen LogP contribution in [0.3, 0.4) is 0 Å². The van der Waals surface area contributed by atoms with Crippen molar-refractivity contribution in [3.63, 3.8) is 0 Å². The van der Waals surface area contributed by atoms with Crippen molar-refractivity contribution in [1.82, 2.24) is 0 Å². The van der Waals surface area contributed by atoms with Gasteiger partial charge >= 0.3 is 0 Å². The van der Waals surface area contributed by atoms with Gasteiger partial charge < -0.3 is 5.73 Å². The first-order chi connectivity index (χ1) is 8.61. The van der Waals surface area contributed by atoms with E-state index in [4.69, 9.17) is 28.9 Å². The van der Waals surface area contributed by atoms with Crippen LogP contribution in [0.2, 0.25) is 10.0 Å². The molecule has 2 rings (SSSR count). The van der Waals surface area contributed by atoms with Crippen LogP contribution in [0.25, 0.3) is 0 Å². The third kappa shape index (κ3) is 3.20. The van der Waals surface area contributed by atoms with E-state index in [1.54, 1.807) is 0 Å². The standard InChI is InChI=1S/C15H21Cl2N/c1-10-3-2-4-11(7-10)13(9-18)12-5-6-14(16)15(17)8-12/h5-6,8,10-11,13H,2-4,7,9,18H2,1H3. The van der Waals surface area contributed by atoms with Gasteiger partial charge in [0, 0.05) is 0 Å². The molecule has 0 bridgehead atoms. The second kappa shape index (κ2) is 6.27. The van der Waals surface area contributed by atoms with Gasteiger partial charge in [-0.15, -0.1) is 0 Å². The summed E-state index contributed by atoms with van der Waals surface area (Å²) in [6.45, 7) is 3.03. The molecule has 3 unspecified atom stereocenters. The minimum Gasteiger partial charge on any atom is -0.330 e. The van der Waals surface area contributed by atoms with Crippen molar-refractivity contribution in [2.24, 2.45) is 17.6 Å². The fourth-order valence-corrected chi connectivity index (χ4v) is 3.50. The van der Waals surface area contributed by atoms with E-state index in [9.17, 15) is 0 Å². The fraction of sp³-hybridized carbons (Fsp3) is 0.600. The lowest BCUT2D eigenvalue weighted by Crippen LogP contribution is -2.26. The van der Waals surface area contributed by atoms with Crippen molar-refractivity contribution in [2.45, 2.75) is 38.5 Å². The molecule has 18 heavy (non-hydrogen) atoms. The summed E-state index contributed by atoms with van der Waals surface area (Å²) in [6, 6.07) is 5.94. The first-order valence-corrected chi connectivity index (χ1v) is 7.52. The maximum absolute atomic E-state index is 6.11. The highest BCUT2D eigenvalue weighted by Gasteiger charge is 2.27. The van der Waals surface area contributed by atoms with Gasteiger partial charge in [0.15, 0.2) is 0 Å². The van der Waals surface area contributed by atoms with Crippen LogP contribution in [0, 0.1) is 11.8 Å². The van der Waals surface area contributed by atoms with Gasteiger partial charge in [0.05, 0.1) is 10.0 Å². The Hall–Kier alpha value is -0.240. The predicted molar refractivity (Wildman–Crippen MR) is 79.4 cm³/mol. The second-order valence-corrected chi connectivity index (χ2v) is 6.36. The second-order valence-electron chi connectivity index (χ2n) is 5.55. The van der Waals surface area contributed by atoms with Gasteiger partial charge in [-0.1, -0.05) is 49.0 Å². The SMILES string of the molecule is CC1CCCC(C(CN)c2ccc(Cl)c(Cl)c2)C1. The molecule has 100 valence electrons. The largest absolute Gasteiger partial charge is 0.330 e. The van der Waals surface area contributed by atoms with E-state index < -0.39 is 0 Å². The number of hydrogen-bond acceptors (Lipinski definition) is 1. The van der Waals surface area contributed by atoms with Crippen LogP contribution in [0.15, 0.2) is 18.2 Å². The van der Waals surface area contributed by atoms with E-state index in [2.05, 4.69) is 13.0 Å². The zero-order valence-electron chi connectivity index (χ0n) is 10.8. The van der Waals surface area contributed by atoms with Gasteiger partial charge in [0.2, 0.25) is 0 Å². The molecule has 1 aromatic rings. The van der Waals surface area contributed by atoms with E-state index >= 15 is 0 Å². The van der Waals surface area contributed by atoms with Crippen LogP contribution in [0.1, 0.15) is 44.1 Å². The van der Waals surface area contributed by atoms with Crippen molar-refractivity contribution in [3.05, 3.63) is 33.8 Å². The Labute approximate surface area is 120 Å². The molecule has 0 spiro atoms. The molecule has 0 aromatic heterocycles. The predicted octanol–water partition coefficient (Wildman–Crippen LogP) is 4.86. The van der Waals surface area contributed by atoms with Gasteiger partial charge in [0.1, 0.15) is 0 Å². The van der Waals surface area contributed by atoms with Crippen LogP contribution >= 0.6 is 23.2 Å². The molecular weight excluding hydrogens is 265 g/mol. The summed E-state index contributed by atoms with van der Waals surface area (Å²) in [6.07, 6.45) is 5.24. The molecule has 0 radical (unpaired) electrons. The average Bonchev–Trinajstić information content (AvgIpc) is 2.35. The van der Waals surface area contributed by atoms with Gasteiger partial charge in [-0.05, 0) is 54.8 Å². The van der Waals surface area contributed by atoms with Crippen LogP contribution < -0.4 is 5.73 Å². The molecule has 0 heterocycles. The van der Waals surface area contributed by atoms with Gasteiger partial charge in [-0.2, -0.15) is 0 Å². The van der Waals surface area contributed by atoms with Crippen LogP contribution in [-0.2, 0) is 0 Å². The summed E-state index contributed by atoms with van der Waals surface area (Å²) in [5.41, 5.74) is 7.23. The average molecular weight is 286 g/mol. The maximum Gasteiger partial charge on any atom is 0.0595 e. The fourth-order valence-electron chi connectivity index (χ4n) is 3.19. The third-order valence-electron chi connectivity index (χ3n) is 4.17. The maximum atomic E-state index is 6.11. The number of benzene rings is 1. The number of rotatable bonds is 3. The zero-order valence-corrected chi connectivity index (χ0v) is 12.3. The Bertz CT molecular complexity index is 405. The summed E-state index contributed by atoms with van der Waals surface area (Å²) in [7, 11) is 0. The summed E-state index contributed by atoms with van der Waals surface area (Å²) >= 11 is 12.1. The lowest BCUT2D eigenvalue weighted by Gasteiger charge is -2.33. The quantitative estimate of drug-likeness (QED) is 0.843. The van der Waals surface area contributed by atoms with E-state index in [1.165, 1.54) is 31.2 Å². The number of nitrogens with two attached hydrogens (primary N) is 1. The zero-order chi connectivity index (χ0) is 13.1. The molecule has 0 saturated heterocycles. The number of halogens is 2. The molecule has 0 amide bonds. The Morgan fingerprint density at radius 3 is 2.67 bits per heavy atom. The van der Waals surface area contributed by atoms with E-state index in [0.717, 1.165) is 5.92 Å². The lowest BCUT2D eigenvalue weighted by molar-refractivity contribution is 0.248. The normalized spacial score (nSPS) is 26.0. The molecule has 0 aliphatic heterocycles. The molecule has 3 heteroatoms. The van der Waals surface area contributed by atoms with Gasteiger partial charge in [-0.25, -0.2) is 0 Å².